The molecule has 1 aromatic heterocycles. The molecule has 3 N–H and O–H groups in total. The number of hydrogen-bond acceptors (Lipinski definition) is 6. The molecule has 1 saturated carbocycles. The Labute approximate surface area is 200 Å². The minimum atomic E-state index is -0.735. The zero-order valence-electron chi connectivity index (χ0n) is 18.2. The Hall–Kier alpha value is -3.72. The highest BCUT2D eigenvalue weighted by Crippen LogP contribution is 2.37. The predicted molar refractivity (Wildman–Crippen MR) is 125 cm³/mol. The summed E-state index contributed by atoms with van der Waals surface area (Å²) in [7, 11) is 0. The molecule has 10 heteroatoms. The van der Waals surface area contributed by atoms with Crippen LogP contribution < -0.4 is 10.6 Å². The Morgan fingerprint density at radius 3 is 2.24 bits per heavy atom. The van der Waals surface area contributed by atoms with Crippen LogP contribution in [0.25, 0.3) is 0 Å². The van der Waals surface area contributed by atoms with Crippen LogP contribution in [0.4, 0.5) is 11.7 Å². The Balaban J connectivity index is 1.30. The van der Waals surface area contributed by atoms with Gasteiger partial charge in [-0.05, 0) is 79.5 Å². The maximum atomic E-state index is 12.4. The van der Waals surface area contributed by atoms with E-state index in [1.807, 2.05) is 12.1 Å². The van der Waals surface area contributed by atoms with Gasteiger partial charge >= 0.3 is 23.8 Å². The number of carboxylic acid groups (broad SMARTS) is 1. The summed E-state index contributed by atoms with van der Waals surface area (Å²) < 4.78 is 5.26. The number of nitrogens with one attached hydrogen (secondary N) is 2. The monoisotopic (exact) mass is 482 g/mol. The van der Waals surface area contributed by atoms with Gasteiger partial charge < -0.3 is 14.8 Å². The van der Waals surface area contributed by atoms with E-state index in [0.717, 1.165) is 31.2 Å². The van der Waals surface area contributed by atoms with E-state index in [1.165, 1.54) is 0 Å². The van der Waals surface area contributed by atoms with E-state index in [1.54, 1.807) is 36.4 Å². The molecule has 1 fully saturated rings. The fourth-order valence-corrected chi connectivity index (χ4v) is 4.23. The summed E-state index contributed by atoms with van der Waals surface area (Å²) in [6.45, 7) is 0. The van der Waals surface area contributed by atoms with Crippen molar-refractivity contribution in [1.82, 2.24) is 10.2 Å². The zero-order chi connectivity index (χ0) is 24.1. The number of nitrogens with zero attached hydrogens (tertiary/aromatic N) is 2. The number of amides is 2. The number of benzene rings is 2. The van der Waals surface area contributed by atoms with Gasteiger partial charge in [-0.3, -0.25) is 19.7 Å². The maximum Gasteiger partial charge on any atom is 0.322 e. The van der Waals surface area contributed by atoms with Crippen LogP contribution in [0, 0.1) is 5.92 Å². The molecule has 0 saturated heterocycles. The van der Waals surface area contributed by atoms with Crippen LogP contribution >= 0.6 is 11.6 Å². The van der Waals surface area contributed by atoms with E-state index < -0.39 is 17.8 Å². The Bertz CT molecular complexity index is 1170. The molecule has 1 aliphatic rings. The first kappa shape index (κ1) is 23.4. The molecule has 0 atom stereocenters. The molecule has 176 valence electrons. The van der Waals surface area contributed by atoms with Gasteiger partial charge in [0.05, 0.1) is 0 Å². The van der Waals surface area contributed by atoms with Gasteiger partial charge in [0.2, 0.25) is 0 Å². The zero-order valence-corrected chi connectivity index (χ0v) is 18.9. The molecular formula is C24H23ClN4O5. The lowest BCUT2D eigenvalue weighted by molar-refractivity contribution is -0.138. The molecule has 0 spiro atoms. The van der Waals surface area contributed by atoms with Crippen LogP contribution in [-0.4, -0.2) is 33.1 Å². The molecule has 34 heavy (non-hydrogen) atoms. The van der Waals surface area contributed by atoms with Crippen molar-refractivity contribution in [2.24, 2.45) is 5.92 Å². The summed E-state index contributed by atoms with van der Waals surface area (Å²) >= 11 is 5.81. The Morgan fingerprint density at radius 2 is 1.59 bits per heavy atom. The molecule has 0 bridgehead atoms. The number of carboxylic acids is 1. The second-order valence-corrected chi connectivity index (χ2v) is 8.70. The normalized spacial score (nSPS) is 17.7. The molecule has 1 aliphatic carbocycles. The van der Waals surface area contributed by atoms with Crippen LogP contribution in [-0.2, 0) is 4.79 Å². The molecule has 2 amide bonds. The number of rotatable bonds is 7. The Morgan fingerprint density at radius 1 is 0.912 bits per heavy atom. The topological polar surface area (TPSA) is 134 Å². The second-order valence-electron chi connectivity index (χ2n) is 8.27. The summed E-state index contributed by atoms with van der Waals surface area (Å²) in [5, 5.41) is 22.0. The van der Waals surface area contributed by atoms with Crippen LogP contribution in [0.15, 0.2) is 52.9 Å². The third-order valence-electron chi connectivity index (χ3n) is 5.90. The molecule has 0 unspecified atom stereocenters. The van der Waals surface area contributed by atoms with Crippen molar-refractivity contribution in [2.45, 2.75) is 38.0 Å². The fourth-order valence-electron chi connectivity index (χ4n) is 4.11. The van der Waals surface area contributed by atoms with Gasteiger partial charge in [-0.2, -0.15) is 0 Å². The first-order chi connectivity index (χ1) is 16.4. The number of carbonyl (C=O) groups is 3. The van der Waals surface area contributed by atoms with E-state index in [9.17, 15) is 14.4 Å². The van der Waals surface area contributed by atoms with Crippen LogP contribution in [0.3, 0.4) is 0 Å². The lowest BCUT2D eigenvalue weighted by Crippen LogP contribution is -2.16. The summed E-state index contributed by atoms with van der Waals surface area (Å²) in [6.07, 6.45) is 3.96. The lowest BCUT2D eigenvalue weighted by Gasteiger charge is -2.28. The number of aliphatic carboxylic acids is 1. The van der Waals surface area contributed by atoms with Crippen molar-refractivity contribution in [3.8, 4) is 0 Å². The highest BCUT2D eigenvalue weighted by Gasteiger charge is 2.24. The maximum absolute atomic E-state index is 12.4. The Kier molecular flexibility index (Phi) is 7.22. The highest BCUT2D eigenvalue weighted by molar-refractivity contribution is 6.30. The molecular weight excluding hydrogens is 460 g/mol. The van der Waals surface area contributed by atoms with Crippen LogP contribution in [0.1, 0.15) is 64.6 Å². The summed E-state index contributed by atoms with van der Waals surface area (Å²) in [4.78, 5) is 35.6. The van der Waals surface area contributed by atoms with Crippen molar-refractivity contribution in [1.29, 1.82) is 0 Å². The van der Waals surface area contributed by atoms with Crippen molar-refractivity contribution in [2.75, 3.05) is 10.6 Å². The lowest BCUT2D eigenvalue weighted by atomic mass is 9.77. The number of hydrogen-bond donors (Lipinski definition) is 3. The van der Waals surface area contributed by atoms with Gasteiger partial charge in [0.25, 0.3) is 5.91 Å². The molecule has 3 aromatic rings. The van der Waals surface area contributed by atoms with E-state index >= 15 is 0 Å². The minimum absolute atomic E-state index is 0.195. The third-order valence-corrected chi connectivity index (χ3v) is 6.15. The average molecular weight is 483 g/mol. The molecule has 9 nitrogen and oxygen atoms in total. The first-order valence-corrected chi connectivity index (χ1v) is 11.3. The second kappa shape index (κ2) is 10.5. The highest BCUT2D eigenvalue weighted by atomic mass is 35.5. The first-order valence-electron chi connectivity index (χ1n) is 10.9. The smallest absolute Gasteiger partial charge is 0.322 e. The molecule has 1 heterocycles. The van der Waals surface area contributed by atoms with Gasteiger partial charge in [0.1, 0.15) is 0 Å². The van der Waals surface area contributed by atoms with Crippen molar-refractivity contribution >= 4 is 41.1 Å². The quantitative estimate of drug-likeness (QED) is 0.432. The van der Waals surface area contributed by atoms with Crippen molar-refractivity contribution in [3.63, 3.8) is 0 Å². The predicted octanol–water partition coefficient (Wildman–Crippen LogP) is 4.98. The number of halogens is 1. The van der Waals surface area contributed by atoms with Gasteiger partial charge in [0.15, 0.2) is 0 Å². The van der Waals surface area contributed by atoms with Gasteiger partial charge in [-0.15, -0.1) is 5.10 Å². The average Bonchev–Trinajstić information content (AvgIpc) is 3.29. The summed E-state index contributed by atoms with van der Waals surface area (Å²) in [6, 6.07) is 13.6. The van der Waals surface area contributed by atoms with E-state index in [0.29, 0.717) is 22.2 Å². The molecule has 2 aromatic carbocycles. The molecule has 0 aliphatic heterocycles. The van der Waals surface area contributed by atoms with Crippen LogP contribution in [0.5, 0.6) is 0 Å². The van der Waals surface area contributed by atoms with Gasteiger partial charge in [0, 0.05) is 22.7 Å². The SMILES string of the molecule is O=C(O)CC1CCC(c2ccc(NC(=O)c3nnc(NC(=O)c4ccc(Cl)cc4)o3)cc2)CC1. The minimum Gasteiger partial charge on any atom is -0.481 e. The number of carbonyl (C=O) groups excluding carboxylic acids is 2. The third kappa shape index (κ3) is 5.99. The van der Waals surface area contributed by atoms with Gasteiger partial charge in [-0.1, -0.05) is 28.8 Å². The molecule has 4 rings (SSSR count). The largest absolute Gasteiger partial charge is 0.481 e. The van der Waals surface area contributed by atoms with E-state index in [4.69, 9.17) is 21.1 Å². The standard InChI is InChI=1S/C24H23ClN4O5/c25-18-9-5-17(6-10-18)21(32)27-24-29-28-23(34-24)22(33)26-19-11-7-16(8-12-19)15-3-1-14(2-4-15)13-20(30)31/h5-12,14-15H,1-4,13H2,(H,26,33)(H,30,31)(H,27,29,32). The van der Waals surface area contributed by atoms with E-state index in [-0.39, 0.29) is 24.2 Å². The van der Waals surface area contributed by atoms with Gasteiger partial charge in [-0.25, -0.2) is 0 Å². The summed E-state index contributed by atoms with van der Waals surface area (Å²) in [5.74, 6) is -1.45. The summed E-state index contributed by atoms with van der Waals surface area (Å²) in [5.41, 5.74) is 2.08. The number of anilines is 2. The van der Waals surface area contributed by atoms with E-state index in [2.05, 4.69) is 20.8 Å². The number of aromatic nitrogens is 2. The van der Waals surface area contributed by atoms with Crippen molar-refractivity contribution < 1.29 is 23.9 Å². The fraction of sp³-hybridized carbons (Fsp3) is 0.292. The van der Waals surface area contributed by atoms with Crippen molar-refractivity contribution in [3.05, 3.63) is 70.6 Å². The molecule has 0 radical (unpaired) electrons. The van der Waals surface area contributed by atoms with Crippen LogP contribution in [0.2, 0.25) is 5.02 Å².